The fraction of sp³-hybridized carbons (Fsp3) is 0.130. The zero-order valence-corrected chi connectivity index (χ0v) is 17.4. The number of methoxy groups -OCH3 is 1. The van der Waals surface area contributed by atoms with Gasteiger partial charge in [0.05, 0.1) is 13.3 Å². The summed E-state index contributed by atoms with van der Waals surface area (Å²) in [5.41, 5.74) is 1.73. The van der Waals surface area contributed by atoms with Crippen LogP contribution < -0.4 is 14.8 Å². The van der Waals surface area contributed by atoms with Gasteiger partial charge < -0.3 is 19.6 Å². The van der Waals surface area contributed by atoms with E-state index in [4.69, 9.17) is 25.9 Å². The van der Waals surface area contributed by atoms with Gasteiger partial charge in [-0.05, 0) is 48.5 Å². The summed E-state index contributed by atoms with van der Waals surface area (Å²) in [6.07, 6.45) is 1.44. The number of hydrogen-bond donors (Lipinski definition) is 1. The van der Waals surface area contributed by atoms with E-state index >= 15 is 0 Å². The van der Waals surface area contributed by atoms with E-state index < -0.39 is 0 Å². The SMILES string of the molecule is COc1cc(C=NOCC(=O)Nc2ccc(Cl)cc2)ccc1OCc1ccccc1F. The third-order valence-electron chi connectivity index (χ3n) is 4.13. The molecule has 3 aromatic rings. The lowest BCUT2D eigenvalue weighted by Crippen LogP contribution is -2.16. The van der Waals surface area contributed by atoms with E-state index in [0.29, 0.717) is 33.3 Å². The number of amides is 1. The third-order valence-corrected chi connectivity index (χ3v) is 4.38. The summed E-state index contributed by atoms with van der Waals surface area (Å²) in [6, 6.07) is 18.2. The Balaban J connectivity index is 1.51. The fourth-order valence-electron chi connectivity index (χ4n) is 2.58. The molecule has 3 rings (SSSR count). The van der Waals surface area contributed by atoms with E-state index in [1.807, 2.05) is 0 Å². The Morgan fingerprint density at radius 2 is 1.87 bits per heavy atom. The minimum absolute atomic E-state index is 0.0717. The van der Waals surface area contributed by atoms with Gasteiger partial charge in [0.15, 0.2) is 18.1 Å². The number of ether oxygens (including phenoxy) is 2. The number of anilines is 1. The Hall–Kier alpha value is -3.58. The van der Waals surface area contributed by atoms with E-state index in [0.717, 1.165) is 0 Å². The van der Waals surface area contributed by atoms with E-state index in [1.54, 1.807) is 60.7 Å². The Bertz CT molecular complexity index is 1060. The summed E-state index contributed by atoms with van der Waals surface area (Å²) in [7, 11) is 1.50. The predicted molar refractivity (Wildman–Crippen MR) is 117 cm³/mol. The van der Waals surface area contributed by atoms with Gasteiger partial charge in [0.1, 0.15) is 12.4 Å². The molecule has 0 saturated carbocycles. The zero-order chi connectivity index (χ0) is 22.1. The molecule has 160 valence electrons. The molecule has 0 radical (unpaired) electrons. The second-order valence-corrected chi connectivity index (χ2v) is 6.79. The third kappa shape index (κ3) is 6.72. The van der Waals surface area contributed by atoms with Crippen LogP contribution in [-0.2, 0) is 16.2 Å². The largest absolute Gasteiger partial charge is 0.493 e. The molecule has 1 amide bonds. The minimum atomic E-state index is -0.353. The molecule has 0 aliphatic rings. The summed E-state index contributed by atoms with van der Waals surface area (Å²) in [5.74, 6) is 0.239. The smallest absolute Gasteiger partial charge is 0.265 e. The van der Waals surface area contributed by atoms with Crippen LogP contribution >= 0.6 is 11.6 Å². The van der Waals surface area contributed by atoms with Crippen molar-refractivity contribution in [1.29, 1.82) is 0 Å². The molecule has 8 heteroatoms. The molecule has 3 aromatic carbocycles. The lowest BCUT2D eigenvalue weighted by molar-refractivity contribution is -0.120. The number of benzene rings is 3. The quantitative estimate of drug-likeness (QED) is 0.371. The molecule has 6 nitrogen and oxygen atoms in total. The summed E-state index contributed by atoms with van der Waals surface area (Å²) >= 11 is 5.80. The summed E-state index contributed by atoms with van der Waals surface area (Å²) < 4.78 is 24.7. The van der Waals surface area contributed by atoms with Gasteiger partial charge in [0.25, 0.3) is 5.91 Å². The topological polar surface area (TPSA) is 69.2 Å². The van der Waals surface area contributed by atoms with Gasteiger partial charge >= 0.3 is 0 Å². The second kappa shape index (κ2) is 11.0. The van der Waals surface area contributed by atoms with Crippen LogP contribution in [0.15, 0.2) is 71.9 Å². The maximum atomic E-state index is 13.7. The summed E-state index contributed by atoms with van der Waals surface area (Å²) in [5, 5.41) is 7.04. The van der Waals surface area contributed by atoms with Crippen LogP contribution in [0.25, 0.3) is 0 Å². The van der Waals surface area contributed by atoms with Gasteiger partial charge in [0.2, 0.25) is 0 Å². The highest BCUT2D eigenvalue weighted by Gasteiger charge is 2.08. The van der Waals surface area contributed by atoms with E-state index in [2.05, 4.69) is 10.5 Å². The van der Waals surface area contributed by atoms with E-state index in [1.165, 1.54) is 19.4 Å². The number of halogens is 2. The monoisotopic (exact) mass is 442 g/mol. The Morgan fingerprint density at radius 3 is 2.61 bits per heavy atom. The van der Waals surface area contributed by atoms with Gasteiger partial charge in [0, 0.05) is 21.8 Å². The number of hydrogen-bond acceptors (Lipinski definition) is 5. The first-order valence-corrected chi connectivity index (χ1v) is 9.68. The number of nitrogens with zero attached hydrogens (tertiary/aromatic N) is 1. The molecule has 0 aliphatic heterocycles. The molecule has 0 fully saturated rings. The number of oxime groups is 1. The number of nitrogens with one attached hydrogen (secondary N) is 1. The molecular weight excluding hydrogens is 423 g/mol. The van der Waals surface area contributed by atoms with Gasteiger partial charge in [-0.2, -0.15) is 0 Å². The molecule has 31 heavy (non-hydrogen) atoms. The predicted octanol–water partition coefficient (Wildman–Crippen LogP) is 5.06. The molecule has 0 aromatic heterocycles. The van der Waals surface area contributed by atoms with Crippen LogP contribution in [0, 0.1) is 5.82 Å². The van der Waals surface area contributed by atoms with Crippen molar-refractivity contribution >= 4 is 29.4 Å². The van der Waals surface area contributed by atoms with E-state index in [9.17, 15) is 9.18 Å². The van der Waals surface area contributed by atoms with Crippen molar-refractivity contribution in [2.75, 3.05) is 19.0 Å². The second-order valence-electron chi connectivity index (χ2n) is 6.35. The normalized spacial score (nSPS) is 10.7. The molecule has 0 atom stereocenters. The van der Waals surface area contributed by atoms with Crippen molar-refractivity contribution < 1.29 is 23.5 Å². The maximum Gasteiger partial charge on any atom is 0.265 e. The minimum Gasteiger partial charge on any atom is -0.493 e. The van der Waals surface area contributed by atoms with E-state index in [-0.39, 0.29) is 24.9 Å². The number of carbonyl (C=O) groups is 1. The maximum absolute atomic E-state index is 13.7. The van der Waals surface area contributed by atoms with Crippen molar-refractivity contribution in [3.63, 3.8) is 0 Å². The van der Waals surface area contributed by atoms with Gasteiger partial charge in [-0.1, -0.05) is 35.0 Å². The standard InChI is InChI=1S/C23H20ClFN2O4/c1-29-22-12-16(6-11-21(22)30-14-17-4-2-3-5-20(17)25)13-26-31-15-23(28)27-19-9-7-18(24)8-10-19/h2-13H,14-15H2,1H3,(H,27,28). The zero-order valence-electron chi connectivity index (χ0n) is 16.7. The van der Waals surface area contributed by atoms with Gasteiger partial charge in [-0.25, -0.2) is 4.39 Å². The number of carbonyl (C=O) groups excluding carboxylic acids is 1. The van der Waals surface area contributed by atoms with Crippen LogP contribution in [-0.4, -0.2) is 25.8 Å². The average molecular weight is 443 g/mol. The molecule has 0 unspecified atom stereocenters. The Kier molecular flexibility index (Phi) is 7.84. The molecule has 0 bridgehead atoms. The van der Waals surface area contributed by atoms with Gasteiger partial charge in [-0.3, -0.25) is 4.79 Å². The molecular formula is C23H20ClFN2O4. The lowest BCUT2D eigenvalue weighted by atomic mass is 10.2. The first-order chi connectivity index (χ1) is 15.0. The van der Waals surface area contributed by atoms with Crippen LogP contribution in [0.3, 0.4) is 0 Å². The average Bonchev–Trinajstić information content (AvgIpc) is 2.78. The molecule has 0 spiro atoms. The first kappa shape index (κ1) is 22.1. The summed E-state index contributed by atoms with van der Waals surface area (Å²) in [4.78, 5) is 16.9. The summed E-state index contributed by atoms with van der Waals surface area (Å²) in [6.45, 7) is -0.178. The highest BCUT2D eigenvalue weighted by Crippen LogP contribution is 2.28. The van der Waals surface area contributed by atoms with Crippen LogP contribution in [0.1, 0.15) is 11.1 Å². The molecule has 0 heterocycles. The highest BCUT2D eigenvalue weighted by atomic mass is 35.5. The Labute approximate surface area is 184 Å². The fourth-order valence-corrected chi connectivity index (χ4v) is 2.70. The van der Waals surface area contributed by atoms with Crippen LogP contribution in [0.4, 0.5) is 10.1 Å². The highest BCUT2D eigenvalue weighted by molar-refractivity contribution is 6.30. The molecule has 0 aliphatic carbocycles. The first-order valence-electron chi connectivity index (χ1n) is 9.30. The van der Waals surface area contributed by atoms with Crippen LogP contribution in [0.5, 0.6) is 11.5 Å². The van der Waals surface area contributed by atoms with Crippen molar-refractivity contribution in [2.45, 2.75) is 6.61 Å². The van der Waals surface area contributed by atoms with Crippen molar-refractivity contribution in [1.82, 2.24) is 0 Å². The van der Waals surface area contributed by atoms with Crippen molar-refractivity contribution in [3.05, 3.63) is 88.7 Å². The Morgan fingerprint density at radius 1 is 1.10 bits per heavy atom. The van der Waals surface area contributed by atoms with Crippen molar-refractivity contribution in [3.8, 4) is 11.5 Å². The molecule has 0 saturated heterocycles. The van der Waals surface area contributed by atoms with Gasteiger partial charge in [-0.15, -0.1) is 0 Å². The number of rotatable bonds is 9. The van der Waals surface area contributed by atoms with Crippen molar-refractivity contribution in [2.24, 2.45) is 5.16 Å². The molecule has 1 N–H and O–H groups in total. The van der Waals surface area contributed by atoms with Crippen LogP contribution in [0.2, 0.25) is 5.02 Å². The lowest BCUT2D eigenvalue weighted by Gasteiger charge is -2.11.